The summed E-state index contributed by atoms with van der Waals surface area (Å²) in [7, 11) is 0. The van der Waals surface area contributed by atoms with E-state index in [1.807, 2.05) is 18.2 Å². The lowest BCUT2D eigenvalue weighted by atomic mass is 10.1. The molecule has 0 unspecified atom stereocenters. The van der Waals surface area contributed by atoms with Gasteiger partial charge in [0.25, 0.3) is 0 Å². The smallest absolute Gasteiger partial charge is 0.305 e. The largest absolute Gasteiger partial charge is 0.345 e. The van der Waals surface area contributed by atoms with Crippen LogP contribution in [0.1, 0.15) is 0 Å². The van der Waals surface area contributed by atoms with Crippen LogP contribution in [-0.4, -0.2) is 9.97 Å². The summed E-state index contributed by atoms with van der Waals surface area (Å²) in [4.78, 5) is 18.3. The molecule has 0 saturated carbocycles. The highest BCUT2D eigenvalue weighted by Crippen LogP contribution is 2.31. The van der Waals surface area contributed by atoms with Crippen LogP contribution in [0.4, 0.5) is 0 Å². The van der Waals surface area contributed by atoms with E-state index in [1.165, 1.54) is 0 Å². The number of halogens is 2. The first kappa shape index (κ1) is 12.2. The van der Waals surface area contributed by atoms with Crippen LogP contribution < -0.4 is 5.69 Å². The summed E-state index contributed by atoms with van der Waals surface area (Å²) in [6, 6.07) is 12.5. The Labute approximate surface area is 118 Å². The van der Waals surface area contributed by atoms with Gasteiger partial charge < -0.3 is 4.98 Å². The minimum atomic E-state index is -0.412. The van der Waals surface area contributed by atoms with Crippen molar-refractivity contribution in [2.45, 2.75) is 0 Å². The minimum Gasteiger partial charge on any atom is -0.305 e. The Hall–Kier alpha value is -1.84. The molecule has 0 aliphatic carbocycles. The predicted octanol–water partition coefficient (Wildman–Crippen LogP) is 3.90. The van der Waals surface area contributed by atoms with Gasteiger partial charge in [0, 0.05) is 21.0 Å². The topological polar surface area (TPSA) is 45.8 Å². The third-order valence-corrected chi connectivity index (χ3v) is 3.39. The van der Waals surface area contributed by atoms with Crippen molar-refractivity contribution >= 4 is 34.1 Å². The molecule has 0 spiro atoms. The number of hydrogen-bond donors (Lipinski definition) is 1. The van der Waals surface area contributed by atoms with Crippen molar-refractivity contribution in [2.24, 2.45) is 0 Å². The third kappa shape index (κ3) is 2.23. The van der Waals surface area contributed by atoms with Crippen LogP contribution in [0, 0.1) is 0 Å². The van der Waals surface area contributed by atoms with Gasteiger partial charge in [-0.15, -0.1) is 0 Å². The second kappa shape index (κ2) is 4.68. The first-order valence-electron chi connectivity index (χ1n) is 5.59. The Kier molecular flexibility index (Phi) is 3.01. The molecule has 3 aromatic rings. The highest BCUT2D eigenvalue weighted by molar-refractivity contribution is 6.34. The van der Waals surface area contributed by atoms with Crippen LogP contribution in [0.15, 0.2) is 47.3 Å². The fraction of sp³-hybridized carbons (Fsp3) is 0. The Morgan fingerprint density at radius 1 is 1.05 bits per heavy atom. The lowest BCUT2D eigenvalue weighted by Gasteiger charge is -2.07. The molecule has 0 amide bonds. The fourth-order valence-electron chi connectivity index (χ4n) is 1.98. The molecule has 1 aromatic heterocycles. The zero-order valence-corrected chi connectivity index (χ0v) is 11.2. The number of nitrogens with one attached hydrogen (secondary N) is 1. The summed E-state index contributed by atoms with van der Waals surface area (Å²) in [5.74, 6) is 0. The molecule has 0 radical (unpaired) electrons. The van der Waals surface area contributed by atoms with Crippen molar-refractivity contribution in [3.8, 4) is 11.3 Å². The van der Waals surface area contributed by atoms with E-state index in [1.54, 1.807) is 24.3 Å². The maximum absolute atomic E-state index is 11.6. The summed E-state index contributed by atoms with van der Waals surface area (Å²) >= 11 is 12.2. The maximum Gasteiger partial charge on any atom is 0.345 e. The fourth-order valence-corrected chi connectivity index (χ4v) is 2.38. The van der Waals surface area contributed by atoms with E-state index in [4.69, 9.17) is 23.2 Å². The molecule has 2 aromatic carbocycles. The van der Waals surface area contributed by atoms with Crippen molar-refractivity contribution in [1.29, 1.82) is 0 Å². The number of H-pyrrole nitrogens is 1. The molecule has 0 fully saturated rings. The Bertz CT molecular complexity index is 827. The van der Waals surface area contributed by atoms with E-state index in [0.29, 0.717) is 26.8 Å². The second-order valence-electron chi connectivity index (χ2n) is 4.06. The molecule has 94 valence electrons. The predicted molar refractivity (Wildman–Crippen MR) is 77.8 cm³/mol. The average Bonchev–Trinajstić information content (AvgIpc) is 2.39. The monoisotopic (exact) mass is 290 g/mol. The molecule has 0 saturated heterocycles. The minimum absolute atomic E-state index is 0.412. The summed E-state index contributed by atoms with van der Waals surface area (Å²) in [5.41, 5.74) is 1.51. The van der Waals surface area contributed by atoms with Crippen LogP contribution >= 0.6 is 23.2 Å². The summed E-state index contributed by atoms with van der Waals surface area (Å²) < 4.78 is 0. The van der Waals surface area contributed by atoms with E-state index in [-0.39, 0.29) is 0 Å². The van der Waals surface area contributed by atoms with E-state index >= 15 is 0 Å². The van der Waals surface area contributed by atoms with Crippen LogP contribution in [0.3, 0.4) is 0 Å². The van der Waals surface area contributed by atoms with Crippen molar-refractivity contribution in [1.82, 2.24) is 9.97 Å². The van der Waals surface area contributed by atoms with E-state index < -0.39 is 5.69 Å². The van der Waals surface area contributed by atoms with Gasteiger partial charge in [0.05, 0.1) is 11.2 Å². The Balaban J connectivity index is 2.43. The van der Waals surface area contributed by atoms with Crippen LogP contribution in [0.2, 0.25) is 10.0 Å². The van der Waals surface area contributed by atoms with Gasteiger partial charge >= 0.3 is 5.69 Å². The Morgan fingerprint density at radius 3 is 2.63 bits per heavy atom. The zero-order valence-electron chi connectivity index (χ0n) is 9.65. The number of fused-ring (bicyclic) bond motifs is 1. The highest BCUT2D eigenvalue weighted by Gasteiger charge is 2.10. The molecule has 0 atom stereocenters. The van der Waals surface area contributed by atoms with Crippen LogP contribution in [0.25, 0.3) is 22.2 Å². The molecule has 0 bridgehead atoms. The van der Waals surface area contributed by atoms with Crippen molar-refractivity contribution in [3.05, 3.63) is 63.0 Å². The van der Waals surface area contributed by atoms with Crippen molar-refractivity contribution in [3.63, 3.8) is 0 Å². The van der Waals surface area contributed by atoms with Gasteiger partial charge in [0.1, 0.15) is 0 Å². The number of rotatable bonds is 1. The molecular weight excluding hydrogens is 283 g/mol. The molecule has 0 aliphatic heterocycles. The Morgan fingerprint density at radius 2 is 1.84 bits per heavy atom. The van der Waals surface area contributed by atoms with Gasteiger partial charge in [-0.3, -0.25) is 0 Å². The quantitative estimate of drug-likeness (QED) is 0.739. The van der Waals surface area contributed by atoms with Gasteiger partial charge in [-0.25, -0.2) is 4.79 Å². The lowest BCUT2D eigenvalue weighted by Crippen LogP contribution is -2.11. The van der Waals surface area contributed by atoms with Gasteiger partial charge in [-0.1, -0.05) is 41.4 Å². The lowest BCUT2D eigenvalue weighted by molar-refractivity contribution is 1.12. The molecule has 3 rings (SSSR count). The van der Waals surface area contributed by atoms with E-state index in [9.17, 15) is 4.79 Å². The highest BCUT2D eigenvalue weighted by atomic mass is 35.5. The molecular formula is C14H8Cl2N2O. The maximum atomic E-state index is 11.6. The van der Waals surface area contributed by atoms with E-state index in [2.05, 4.69) is 9.97 Å². The van der Waals surface area contributed by atoms with Gasteiger partial charge in [-0.05, 0) is 24.3 Å². The molecule has 1 N–H and O–H groups in total. The van der Waals surface area contributed by atoms with Crippen molar-refractivity contribution < 1.29 is 0 Å². The van der Waals surface area contributed by atoms with Gasteiger partial charge in [-0.2, -0.15) is 4.98 Å². The molecule has 19 heavy (non-hydrogen) atoms. The number of benzene rings is 2. The van der Waals surface area contributed by atoms with Gasteiger partial charge in [0.2, 0.25) is 0 Å². The van der Waals surface area contributed by atoms with E-state index in [0.717, 1.165) is 5.39 Å². The number of aromatic amines is 1. The number of nitrogens with zero attached hydrogens (tertiary/aromatic N) is 1. The summed E-state index contributed by atoms with van der Waals surface area (Å²) in [6.07, 6.45) is 0. The average molecular weight is 291 g/mol. The number of hydrogen-bond acceptors (Lipinski definition) is 2. The first-order valence-corrected chi connectivity index (χ1v) is 6.35. The first-order chi connectivity index (χ1) is 9.15. The molecule has 5 heteroatoms. The third-order valence-electron chi connectivity index (χ3n) is 2.82. The zero-order chi connectivity index (χ0) is 13.4. The van der Waals surface area contributed by atoms with Gasteiger partial charge in [0.15, 0.2) is 0 Å². The normalized spacial score (nSPS) is 10.8. The second-order valence-corrected chi connectivity index (χ2v) is 4.90. The standard InChI is InChI=1S/C14H8Cl2N2O/c15-8-5-6-12-10(7-8)13(18-14(19)17-12)9-3-1-2-4-11(9)16/h1-7H,(H,17,18,19). The van der Waals surface area contributed by atoms with Crippen LogP contribution in [0.5, 0.6) is 0 Å². The molecule has 1 heterocycles. The summed E-state index contributed by atoms with van der Waals surface area (Å²) in [6.45, 7) is 0. The number of aromatic nitrogens is 2. The summed E-state index contributed by atoms with van der Waals surface area (Å²) in [5, 5.41) is 1.89. The molecule has 3 nitrogen and oxygen atoms in total. The van der Waals surface area contributed by atoms with Crippen molar-refractivity contribution in [2.75, 3.05) is 0 Å². The van der Waals surface area contributed by atoms with Crippen LogP contribution in [-0.2, 0) is 0 Å². The molecule has 0 aliphatic rings. The SMILES string of the molecule is O=c1nc(-c2ccccc2Cl)c2cc(Cl)ccc2[nH]1.